The van der Waals surface area contributed by atoms with Gasteiger partial charge in [-0.3, -0.25) is 9.78 Å². The quantitative estimate of drug-likeness (QED) is 0.493. The molecule has 0 fully saturated rings. The molecule has 3 amide bonds. The third kappa shape index (κ3) is 6.08. The second kappa shape index (κ2) is 10.3. The molecule has 6 nitrogen and oxygen atoms in total. The molecule has 0 aliphatic rings. The number of primary amides is 1. The maximum Gasteiger partial charge on any atom is 0.320 e. The van der Waals surface area contributed by atoms with Gasteiger partial charge < -0.3 is 16.4 Å². The highest BCUT2D eigenvalue weighted by molar-refractivity contribution is 7.99. The number of pyridine rings is 1. The van der Waals surface area contributed by atoms with E-state index in [9.17, 15) is 9.59 Å². The molecular formula is C22H22N4O2S. The van der Waals surface area contributed by atoms with E-state index in [-0.39, 0.29) is 24.4 Å². The molecule has 3 aromatic rings. The Kier molecular flexibility index (Phi) is 7.24. The Balaban J connectivity index is 1.74. The first kappa shape index (κ1) is 20.4. The summed E-state index contributed by atoms with van der Waals surface area (Å²) < 4.78 is 0. The minimum absolute atomic E-state index is 0.279. The molecule has 0 spiro atoms. The van der Waals surface area contributed by atoms with Gasteiger partial charge in [0.15, 0.2) is 0 Å². The van der Waals surface area contributed by atoms with Gasteiger partial charge in [-0.05, 0) is 29.8 Å². The molecule has 1 unspecified atom stereocenters. The number of amides is 3. The van der Waals surface area contributed by atoms with E-state index in [1.54, 1.807) is 6.20 Å². The highest BCUT2D eigenvalue weighted by Crippen LogP contribution is 2.28. The van der Waals surface area contributed by atoms with Crippen molar-refractivity contribution >= 4 is 29.4 Å². The summed E-state index contributed by atoms with van der Waals surface area (Å²) in [7, 11) is 0. The highest BCUT2D eigenvalue weighted by Gasteiger charge is 2.18. The number of nitrogens with two attached hydrogens (primary N) is 1. The molecule has 0 saturated heterocycles. The van der Waals surface area contributed by atoms with Gasteiger partial charge in [-0.1, -0.05) is 48.5 Å². The second-order valence-corrected chi connectivity index (χ2v) is 7.39. The predicted molar refractivity (Wildman–Crippen MR) is 116 cm³/mol. The van der Waals surface area contributed by atoms with E-state index in [0.717, 1.165) is 16.2 Å². The van der Waals surface area contributed by atoms with E-state index >= 15 is 0 Å². The van der Waals surface area contributed by atoms with Gasteiger partial charge in [-0.25, -0.2) is 4.79 Å². The largest absolute Gasteiger partial charge is 0.370 e. The molecule has 1 heterocycles. The van der Waals surface area contributed by atoms with Crippen molar-refractivity contribution in [1.82, 2.24) is 10.3 Å². The number of anilines is 1. The predicted octanol–water partition coefficient (Wildman–Crippen LogP) is 3.96. The molecule has 1 atom stereocenters. The minimum atomic E-state index is -0.382. The fourth-order valence-electron chi connectivity index (χ4n) is 2.77. The molecule has 148 valence electrons. The number of hydrogen-bond donors (Lipinski definition) is 3. The van der Waals surface area contributed by atoms with Gasteiger partial charge in [-0.15, -0.1) is 11.8 Å². The van der Waals surface area contributed by atoms with Crippen LogP contribution < -0.4 is 16.4 Å². The van der Waals surface area contributed by atoms with Crippen LogP contribution in [0.1, 0.15) is 23.7 Å². The monoisotopic (exact) mass is 406 g/mol. The Bertz CT molecular complexity index is 912. The van der Waals surface area contributed by atoms with Crippen molar-refractivity contribution in [2.24, 2.45) is 5.73 Å². The molecular weight excluding hydrogens is 384 g/mol. The highest BCUT2D eigenvalue weighted by atomic mass is 32.2. The number of urea groups is 1. The van der Waals surface area contributed by atoms with Crippen LogP contribution in [0.25, 0.3) is 0 Å². The van der Waals surface area contributed by atoms with Gasteiger partial charge in [0.25, 0.3) is 0 Å². The van der Waals surface area contributed by atoms with Crippen molar-refractivity contribution in [3.8, 4) is 0 Å². The minimum Gasteiger partial charge on any atom is -0.370 e. The van der Waals surface area contributed by atoms with E-state index in [0.29, 0.717) is 11.4 Å². The van der Waals surface area contributed by atoms with Crippen LogP contribution in [0, 0.1) is 0 Å². The molecule has 0 saturated carbocycles. The number of nitrogens with one attached hydrogen (secondary N) is 2. The number of benzene rings is 2. The Morgan fingerprint density at radius 1 is 0.966 bits per heavy atom. The van der Waals surface area contributed by atoms with Crippen molar-refractivity contribution in [2.45, 2.75) is 17.4 Å². The van der Waals surface area contributed by atoms with Gasteiger partial charge >= 0.3 is 6.03 Å². The van der Waals surface area contributed by atoms with Crippen LogP contribution in [0.5, 0.6) is 0 Å². The third-order valence-electron chi connectivity index (χ3n) is 4.13. The standard InChI is InChI=1S/C22H22N4O2S/c23-20(27)13-15-29-19-12-5-4-10-17(19)25-22(28)26-21(16-8-2-1-3-9-16)18-11-6-7-14-24-18/h1-12,14,21H,13,15H2,(H2,23,27)(H2,25,26,28). The van der Waals surface area contributed by atoms with Crippen molar-refractivity contribution in [2.75, 3.05) is 11.1 Å². The first-order valence-electron chi connectivity index (χ1n) is 9.17. The van der Waals surface area contributed by atoms with Gasteiger partial charge in [0.1, 0.15) is 0 Å². The summed E-state index contributed by atoms with van der Waals surface area (Å²) in [6.07, 6.45) is 1.98. The SMILES string of the molecule is NC(=O)CCSc1ccccc1NC(=O)NC(c1ccccc1)c1ccccn1. The first-order chi connectivity index (χ1) is 14.1. The molecule has 1 aromatic heterocycles. The van der Waals surface area contributed by atoms with Crippen LogP contribution in [0.4, 0.5) is 10.5 Å². The number of rotatable bonds is 8. The van der Waals surface area contributed by atoms with Crippen LogP contribution in [-0.4, -0.2) is 22.7 Å². The number of para-hydroxylation sites is 1. The van der Waals surface area contributed by atoms with Gasteiger partial charge in [-0.2, -0.15) is 0 Å². The number of thioether (sulfide) groups is 1. The fraction of sp³-hybridized carbons (Fsp3) is 0.136. The Morgan fingerprint density at radius 3 is 2.41 bits per heavy atom. The fourth-order valence-corrected chi connectivity index (χ4v) is 3.74. The summed E-state index contributed by atoms with van der Waals surface area (Å²) >= 11 is 1.47. The Hall–Kier alpha value is -3.32. The summed E-state index contributed by atoms with van der Waals surface area (Å²) in [5.74, 6) is 0.206. The average molecular weight is 407 g/mol. The van der Waals surface area contributed by atoms with Crippen LogP contribution in [-0.2, 0) is 4.79 Å². The number of nitrogens with zero attached hydrogens (tertiary/aromatic N) is 1. The van der Waals surface area contributed by atoms with E-state index in [1.807, 2.05) is 72.8 Å². The average Bonchev–Trinajstić information content (AvgIpc) is 2.74. The van der Waals surface area contributed by atoms with Crippen LogP contribution in [0.2, 0.25) is 0 Å². The van der Waals surface area contributed by atoms with Crippen molar-refractivity contribution in [3.63, 3.8) is 0 Å². The summed E-state index contributed by atoms with van der Waals surface area (Å²) in [6.45, 7) is 0. The lowest BCUT2D eigenvalue weighted by atomic mass is 10.0. The topological polar surface area (TPSA) is 97.1 Å². The maximum atomic E-state index is 12.8. The van der Waals surface area contributed by atoms with Crippen LogP contribution in [0.15, 0.2) is 83.9 Å². The van der Waals surface area contributed by atoms with E-state index < -0.39 is 0 Å². The summed E-state index contributed by atoms with van der Waals surface area (Å²) in [6, 6.07) is 22.0. The number of carbonyl (C=O) groups is 2. The Morgan fingerprint density at radius 2 is 1.69 bits per heavy atom. The zero-order valence-electron chi connectivity index (χ0n) is 15.7. The molecule has 4 N–H and O–H groups in total. The zero-order chi connectivity index (χ0) is 20.5. The molecule has 29 heavy (non-hydrogen) atoms. The molecule has 0 aliphatic carbocycles. The summed E-state index contributed by atoms with van der Waals surface area (Å²) in [4.78, 5) is 29.0. The van der Waals surface area contributed by atoms with Crippen LogP contribution in [0.3, 0.4) is 0 Å². The maximum absolute atomic E-state index is 12.8. The number of hydrogen-bond acceptors (Lipinski definition) is 4. The van der Waals surface area contributed by atoms with Gasteiger partial charge in [0, 0.05) is 23.3 Å². The molecule has 2 aromatic carbocycles. The molecule has 0 bridgehead atoms. The van der Waals surface area contributed by atoms with Crippen LogP contribution >= 0.6 is 11.8 Å². The molecule has 0 radical (unpaired) electrons. The Labute approximate surface area is 173 Å². The number of carbonyl (C=O) groups excluding carboxylic acids is 2. The molecule has 7 heteroatoms. The normalized spacial score (nSPS) is 11.4. The lowest BCUT2D eigenvalue weighted by Gasteiger charge is -2.20. The molecule has 0 aliphatic heterocycles. The third-order valence-corrected chi connectivity index (χ3v) is 5.21. The van der Waals surface area contributed by atoms with Crippen molar-refractivity contribution < 1.29 is 9.59 Å². The van der Waals surface area contributed by atoms with Crippen molar-refractivity contribution in [1.29, 1.82) is 0 Å². The van der Waals surface area contributed by atoms with E-state index in [2.05, 4.69) is 15.6 Å². The van der Waals surface area contributed by atoms with Gasteiger partial charge in [0.2, 0.25) is 5.91 Å². The lowest BCUT2D eigenvalue weighted by Crippen LogP contribution is -2.33. The first-order valence-corrected chi connectivity index (χ1v) is 10.2. The summed E-state index contributed by atoms with van der Waals surface area (Å²) in [5.41, 5.74) is 7.56. The summed E-state index contributed by atoms with van der Waals surface area (Å²) in [5, 5.41) is 5.91. The van der Waals surface area contributed by atoms with E-state index in [4.69, 9.17) is 5.73 Å². The zero-order valence-corrected chi connectivity index (χ0v) is 16.6. The lowest BCUT2D eigenvalue weighted by molar-refractivity contribution is -0.117. The molecule has 3 rings (SSSR count). The number of aromatic nitrogens is 1. The second-order valence-electron chi connectivity index (χ2n) is 6.26. The van der Waals surface area contributed by atoms with Gasteiger partial charge in [0.05, 0.1) is 17.4 Å². The smallest absolute Gasteiger partial charge is 0.320 e. The van der Waals surface area contributed by atoms with E-state index in [1.165, 1.54) is 11.8 Å². The van der Waals surface area contributed by atoms with Crippen molar-refractivity contribution in [3.05, 3.63) is 90.3 Å².